The summed E-state index contributed by atoms with van der Waals surface area (Å²) in [6, 6.07) is 1.50. The summed E-state index contributed by atoms with van der Waals surface area (Å²) in [6.45, 7) is 1.18. The smallest absolute Gasteiger partial charge is 0.417 e. The highest BCUT2D eigenvalue weighted by Crippen LogP contribution is 2.54. The zero-order valence-electron chi connectivity index (χ0n) is 24.2. The van der Waals surface area contributed by atoms with Crippen LogP contribution in [0.3, 0.4) is 0 Å². The van der Waals surface area contributed by atoms with Crippen LogP contribution in [-0.4, -0.2) is 116 Å². The molecule has 3 fully saturated rings. The molecule has 0 radical (unpaired) electrons. The molecule has 0 aromatic heterocycles. The van der Waals surface area contributed by atoms with Crippen molar-refractivity contribution in [3.8, 4) is 5.75 Å². The van der Waals surface area contributed by atoms with Gasteiger partial charge in [-0.3, -0.25) is 33.8 Å². The van der Waals surface area contributed by atoms with E-state index in [1.807, 2.05) is 0 Å². The zero-order valence-corrected chi connectivity index (χ0v) is 24.2. The summed E-state index contributed by atoms with van der Waals surface area (Å²) in [6.07, 6.45) is -7.74. The molecule has 2 unspecified atom stereocenters. The van der Waals surface area contributed by atoms with E-state index >= 15 is 0 Å². The van der Waals surface area contributed by atoms with Crippen molar-refractivity contribution in [2.24, 2.45) is 29.4 Å². The van der Waals surface area contributed by atoms with E-state index in [0.29, 0.717) is 0 Å². The minimum absolute atomic E-state index is 0.0865. The van der Waals surface area contributed by atoms with E-state index in [9.17, 15) is 57.6 Å². The number of hydrogen-bond acceptors (Lipinski definition) is 11. The van der Waals surface area contributed by atoms with E-state index in [1.165, 1.54) is 31.1 Å². The van der Waals surface area contributed by atoms with Crippen LogP contribution >= 0.6 is 0 Å². The molecule has 12 nitrogen and oxygen atoms in total. The van der Waals surface area contributed by atoms with Gasteiger partial charge in [0.05, 0.1) is 29.5 Å². The summed E-state index contributed by atoms with van der Waals surface area (Å²) in [5.74, 6) is -14.5. The maximum atomic E-state index is 14.0. The van der Waals surface area contributed by atoms with Crippen LogP contribution in [0, 0.1) is 23.7 Å². The fourth-order valence-electron chi connectivity index (χ4n) is 7.77. The lowest BCUT2D eigenvalue weighted by Gasteiger charge is -2.56. The van der Waals surface area contributed by atoms with Gasteiger partial charge in [0.1, 0.15) is 5.75 Å². The van der Waals surface area contributed by atoms with E-state index in [1.54, 1.807) is 11.8 Å². The first kappa shape index (κ1) is 32.2. The lowest BCUT2D eigenvalue weighted by atomic mass is 9.49. The fourth-order valence-corrected chi connectivity index (χ4v) is 7.77. The fraction of sp³-hybridized carbons (Fsp3) is 0.621. The van der Waals surface area contributed by atoms with Crippen LogP contribution < -0.4 is 5.73 Å². The van der Waals surface area contributed by atoms with Gasteiger partial charge in [-0.15, -0.1) is 0 Å². The molecule has 5 rings (SSSR count). The molecule has 1 aromatic carbocycles. The molecule has 1 aliphatic heterocycles. The van der Waals surface area contributed by atoms with Crippen molar-refractivity contribution < 1.29 is 57.6 Å². The number of likely N-dealkylation sites (N-methyl/N-ethyl adjacent to an activating group) is 1. The summed E-state index contributed by atoms with van der Waals surface area (Å²) < 4.78 is 39.7. The number of likely N-dealkylation sites (tertiary alicyclic amines) is 1. The SMILES string of the molecule is C[C@H]1c2ccc(CN3CCC(O)(C(F)(F)F)CC3)c(O)c2C(=O)C2C(=O)[C@]3(O)C(=O)C(C(N)=O)C(=O)[C@@H](N(C)C)[C@@H]3[C@@H](O)[C@@H]21. The van der Waals surface area contributed by atoms with Gasteiger partial charge in [-0.2, -0.15) is 13.2 Å². The van der Waals surface area contributed by atoms with Crippen LogP contribution in [0.5, 0.6) is 5.75 Å². The number of aliphatic hydroxyl groups excluding tert-OH is 1. The van der Waals surface area contributed by atoms with Crippen LogP contribution in [0.1, 0.15) is 47.2 Å². The number of amides is 1. The molecule has 240 valence electrons. The minimum atomic E-state index is -4.80. The number of nitrogens with two attached hydrogens (primary N) is 1. The van der Waals surface area contributed by atoms with Gasteiger partial charge >= 0.3 is 6.18 Å². The largest absolute Gasteiger partial charge is 0.507 e. The Bertz CT molecular complexity index is 1460. The Kier molecular flexibility index (Phi) is 7.61. The molecule has 2 saturated carbocycles. The molecular weight excluding hydrogens is 591 g/mol. The summed E-state index contributed by atoms with van der Waals surface area (Å²) in [5, 5.41) is 44.6. The van der Waals surface area contributed by atoms with Crippen molar-refractivity contribution in [2.45, 2.75) is 61.8 Å². The topological polar surface area (TPSA) is 199 Å². The number of halogens is 3. The molecular formula is C29H34F3N3O9. The Morgan fingerprint density at radius 2 is 1.68 bits per heavy atom. The molecule has 1 heterocycles. The number of benzene rings is 1. The molecule has 1 aromatic rings. The first-order valence-electron chi connectivity index (χ1n) is 14.2. The average molecular weight is 626 g/mol. The molecule has 15 heteroatoms. The van der Waals surface area contributed by atoms with Crippen molar-refractivity contribution >= 4 is 29.0 Å². The second-order valence-electron chi connectivity index (χ2n) is 12.7. The number of ketones is 4. The molecule has 6 N–H and O–H groups in total. The molecule has 44 heavy (non-hydrogen) atoms. The van der Waals surface area contributed by atoms with Gasteiger partial charge in [0.2, 0.25) is 5.91 Å². The average Bonchev–Trinajstić information content (AvgIpc) is 2.92. The number of piperidine rings is 1. The number of rotatable bonds is 4. The third-order valence-electron chi connectivity index (χ3n) is 10.2. The molecule has 8 atom stereocenters. The molecule has 4 aliphatic rings. The lowest BCUT2D eigenvalue weighted by Crippen LogP contribution is -2.77. The Hall–Kier alpha value is -3.24. The van der Waals surface area contributed by atoms with Gasteiger partial charge < -0.3 is 26.2 Å². The van der Waals surface area contributed by atoms with Gasteiger partial charge in [-0.1, -0.05) is 19.1 Å². The monoisotopic (exact) mass is 625 g/mol. The van der Waals surface area contributed by atoms with E-state index in [2.05, 4.69) is 0 Å². The normalized spacial score (nSPS) is 35.7. The quantitative estimate of drug-likeness (QED) is 0.265. The van der Waals surface area contributed by atoms with E-state index in [4.69, 9.17) is 5.73 Å². The number of carbonyl (C=O) groups is 5. The van der Waals surface area contributed by atoms with Crippen LogP contribution in [0.2, 0.25) is 0 Å². The molecule has 0 bridgehead atoms. The Morgan fingerprint density at radius 3 is 2.20 bits per heavy atom. The van der Waals surface area contributed by atoms with E-state index in [0.717, 1.165) is 0 Å². The van der Waals surface area contributed by atoms with Crippen LogP contribution in [0.25, 0.3) is 0 Å². The van der Waals surface area contributed by atoms with Crippen LogP contribution in [0.4, 0.5) is 13.2 Å². The number of hydrogen-bond donors (Lipinski definition) is 5. The number of aliphatic hydroxyl groups is 3. The van der Waals surface area contributed by atoms with Gasteiger partial charge in [-0.05, 0) is 38.4 Å². The summed E-state index contributed by atoms with van der Waals surface area (Å²) in [4.78, 5) is 69.7. The third-order valence-corrected chi connectivity index (χ3v) is 10.2. The Labute approximate surface area is 249 Å². The van der Waals surface area contributed by atoms with Gasteiger partial charge in [0, 0.05) is 31.1 Å². The lowest BCUT2D eigenvalue weighted by molar-refractivity contribution is -0.272. The maximum Gasteiger partial charge on any atom is 0.417 e. The predicted molar refractivity (Wildman–Crippen MR) is 143 cm³/mol. The van der Waals surface area contributed by atoms with Crippen molar-refractivity contribution in [1.29, 1.82) is 0 Å². The number of primary amides is 1. The first-order chi connectivity index (χ1) is 20.3. The second-order valence-corrected chi connectivity index (χ2v) is 12.7. The number of phenolic OH excluding ortho intramolecular Hbond substituents is 1. The highest BCUT2D eigenvalue weighted by atomic mass is 19.4. The number of phenols is 1. The van der Waals surface area contributed by atoms with E-state index in [-0.39, 0.29) is 36.3 Å². The Balaban J connectivity index is 1.53. The van der Waals surface area contributed by atoms with Gasteiger partial charge in [0.25, 0.3) is 0 Å². The summed E-state index contributed by atoms with van der Waals surface area (Å²) in [7, 11) is 2.80. The predicted octanol–water partition coefficient (Wildman–Crippen LogP) is -0.712. The second kappa shape index (κ2) is 10.4. The molecule has 3 aliphatic carbocycles. The molecule has 1 saturated heterocycles. The number of alkyl halides is 3. The maximum absolute atomic E-state index is 14.0. The number of Topliss-reactive ketones (excluding diaryl/α,β-unsaturated/α-hetero) is 4. The zero-order chi connectivity index (χ0) is 32.8. The first-order valence-corrected chi connectivity index (χ1v) is 14.2. The standard InChI is InChI=1S/C29H34F3N3O9/c1-11-13-5-4-12(10-35-8-6-27(43,7-9-35)29(30,31)32)20(36)15(13)21(37)16-14(11)22(38)18-19(34(2)3)23(39)17(26(33)42)25(41)28(18,44)24(16)40/h4-5,11,14,16-19,22,36,38,43-44H,6-10H2,1-3H3,(H2,33,42)/t11-,14+,16?,17?,18+,19-,22-,28-/m0/s1. The minimum Gasteiger partial charge on any atom is -0.507 e. The van der Waals surface area contributed by atoms with Gasteiger partial charge in [-0.25, -0.2) is 0 Å². The Morgan fingerprint density at radius 1 is 1.09 bits per heavy atom. The van der Waals surface area contributed by atoms with Crippen molar-refractivity contribution in [1.82, 2.24) is 9.80 Å². The molecule has 1 amide bonds. The number of fused-ring (bicyclic) bond motifs is 3. The number of aromatic hydroxyl groups is 1. The van der Waals surface area contributed by atoms with Crippen molar-refractivity contribution in [2.75, 3.05) is 27.2 Å². The highest BCUT2D eigenvalue weighted by molar-refractivity contribution is 6.32. The number of carbonyl (C=O) groups excluding carboxylic acids is 5. The summed E-state index contributed by atoms with van der Waals surface area (Å²) in [5.41, 5.74) is -0.528. The van der Waals surface area contributed by atoms with Crippen molar-refractivity contribution in [3.05, 3.63) is 28.8 Å². The van der Waals surface area contributed by atoms with Crippen molar-refractivity contribution in [3.63, 3.8) is 0 Å². The van der Waals surface area contributed by atoms with E-state index < -0.39 is 107 Å². The number of nitrogens with zero attached hydrogens (tertiary/aromatic N) is 2. The van der Waals surface area contributed by atoms with Gasteiger partial charge in [0.15, 0.2) is 40.3 Å². The summed E-state index contributed by atoms with van der Waals surface area (Å²) >= 11 is 0. The van der Waals surface area contributed by atoms with Crippen LogP contribution in [0.15, 0.2) is 12.1 Å². The molecule has 0 spiro atoms. The third kappa shape index (κ3) is 4.35. The highest BCUT2D eigenvalue weighted by Gasteiger charge is 2.73. The van der Waals surface area contributed by atoms with Crippen LogP contribution in [-0.2, 0) is 25.7 Å².